The van der Waals surface area contributed by atoms with Crippen molar-refractivity contribution in [1.29, 1.82) is 0 Å². The van der Waals surface area contributed by atoms with E-state index < -0.39 is 10.0 Å². The lowest BCUT2D eigenvalue weighted by molar-refractivity contribution is -0.116. The number of nitrogens with zero attached hydrogens (tertiary/aromatic N) is 3. The molecule has 0 radical (unpaired) electrons. The standard InChI is InChI=1S/C15H15N5O3S3/c1-10-18-19-14(25-10)17-13(21)8-7-11-9-24-15(16-11)20-26(22,23)12-5-3-2-4-6-12/h2-6,9H,7-8H2,1H3,(H,16,20)(H,17,19,21). The van der Waals surface area contributed by atoms with Crippen molar-refractivity contribution in [3.63, 3.8) is 0 Å². The zero-order valence-electron chi connectivity index (χ0n) is 13.7. The zero-order chi connectivity index (χ0) is 18.6. The molecule has 2 aromatic heterocycles. The number of hydrogen-bond acceptors (Lipinski definition) is 8. The molecule has 0 bridgehead atoms. The Morgan fingerprint density at radius 1 is 1.15 bits per heavy atom. The Labute approximate surface area is 158 Å². The molecular weight excluding hydrogens is 394 g/mol. The van der Waals surface area contributed by atoms with Gasteiger partial charge >= 0.3 is 0 Å². The number of amides is 1. The lowest BCUT2D eigenvalue weighted by Crippen LogP contribution is -2.13. The molecule has 0 saturated heterocycles. The van der Waals surface area contributed by atoms with Crippen molar-refractivity contribution < 1.29 is 13.2 Å². The summed E-state index contributed by atoms with van der Waals surface area (Å²) in [5.74, 6) is -0.194. The molecule has 0 atom stereocenters. The summed E-state index contributed by atoms with van der Waals surface area (Å²) in [7, 11) is -3.66. The van der Waals surface area contributed by atoms with Crippen molar-refractivity contribution in [2.45, 2.75) is 24.7 Å². The summed E-state index contributed by atoms with van der Waals surface area (Å²) in [4.78, 5) is 16.3. The summed E-state index contributed by atoms with van der Waals surface area (Å²) < 4.78 is 27.0. The average Bonchev–Trinajstić information content (AvgIpc) is 3.22. The van der Waals surface area contributed by atoms with Crippen molar-refractivity contribution >= 4 is 48.9 Å². The molecule has 0 aliphatic rings. The molecule has 1 amide bonds. The molecule has 1 aromatic carbocycles. The van der Waals surface area contributed by atoms with Crippen LogP contribution in [0.2, 0.25) is 0 Å². The molecule has 0 aliphatic heterocycles. The van der Waals surface area contributed by atoms with E-state index in [-0.39, 0.29) is 22.4 Å². The largest absolute Gasteiger partial charge is 0.301 e. The molecular formula is C15H15N5O3S3. The predicted octanol–water partition coefficient (Wildman–Crippen LogP) is 2.68. The van der Waals surface area contributed by atoms with Crippen LogP contribution in [0.4, 0.5) is 10.3 Å². The van der Waals surface area contributed by atoms with E-state index in [2.05, 4.69) is 25.2 Å². The summed E-state index contributed by atoms with van der Waals surface area (Å²) in [6.45, 7) is 1.81. The van der Waals surface area contributed by atoms with Crippen LogP contribution in [0.15, 0.2) is 40.6 Å². The number of carbonyl (C=O) groups excluding carboxylic acids is 1. The lowest BCUT2D eigenvalue weighted by atomic mass is 10.2. The van der Waals surface area contributed by atoms with Crippen LogP contribution in [0.25, 0.3) is 0 Å². The molecule has 26 heavy (non-hydrogen) atoms. The van der Waals surface area contributed by atoms with Crippen molar-refractivity contribution in [1.82, 2.24) is 15.2 Å². The number of rotatable bonds is 7. The van der Waals surface area contributed by atoms with Gasteiger partial charge in [-0.3, -0.25) is 9.52 Å². The van der Waals surface area contributed by atoms with E-state index >= 15 is 0 Å². The van der Waals surface area contributed by atoms with Crippen LogP contribution >= 0.6 is 22.7 Å². The first-order valence-corrected chi connectivity index (χ1v) is 10.7. The maximum atomic E-state index is 12.3. The highest BCUT2D eigenvalue weighted by atomic mass is 32.2. The van der Waals surface area contributed by atoms with Gasteiger partial charge in [-0.05, 0) is 25.5 Å². The fourth-order valence-corrected chi connectivity index (χ4v) is 4.64. The maximum Gasteiger partial charge on any atom is 0.263 e. The van der Waals surface area contributed by atoms with E-state index in [1.54, 1.807) is 30.5 Å². The van der Waals surface area contributed by atoms with Crippen LogP contribution < -0.4 is 10.0 Å². The third-order valence-electron chi connectivity index (χ3n) is 3.21. The average molecular weight is 410 g/mol. The Morgan fingerprint density at radius 2 is 1.92 bits per heavy atom. The highest BCUT2D eigenvalue weighted by Crippen LogP contribution is 2.21. The molecule has 0 spiro atoms. The van der Waals surface area contributed by atoms with Gasteiger partial charge in [0.2, 0.25) is 11.0 Å². The van der Waals surface area contributed by atoms with Crippen molar-refractivity contribution in [3.05, 3.63) is 46.4 Å². The smallest absolute Gasteiger partial charge is 0.263 e. The first-order valence-electron chi connectivity index (χ1n) is 7.54. The van der Waals surface area contributed by atoms with Gasteiger partial charge in [0.1, 0.15) is 5.01 Å². The Hall–Kier alpha value is -2.37. The Bertz CT molecular complexity index is 998. The molecule has 3 aromatic rings. The normalized spacial score (nSPS) is 11.3. The molecule has 0 unspecified atom stereocenters. The van der Waals surface area contributed by atoms with Gasteiger partial charge in [-0.15, -0.1) is 21.5 Å². The van der Waals surface area contributed by atoms with Gasteiger partial charge in [-0.25, -0.2) is 13.4 Å². The summed E-state index contributed by atoms with van der Waals surface area (Å²) in [5.41, 5.74) is 0.643. The Kier molecular flexibility index (Phi) is 5.59. The molecule has 0 aliphatic carbocycles. The number of thiazole rings is 1. The number of aryl methyl sites for hydroxylation is 2. The molecule has 136 valence electrons. The molecule has 0 saturated carbocycles. The highest BCUT2D eigenvalue weighted by molar-refractivity contribution is 7.93. The van der Waals surface area contributed by atoms with Crippen LogP contribution in [-0.2, 0) is 21.2 Å². The third-order valence-corrected chi connectivity index (χ3v) is 6.25. The second kappa shape index (κ2) is 7.89. The quantitative estimate of drug-likeness (QED) is 0.620. The topological polar surface area (TPSA) is 114 Å². The van der Waals surface area contributed by atoms with Gasteiger partial charge < -0.3 is 5.32 Å². The fourth-order valence-electron chi connectivity index (χ4n) is 2.01. The molecule has 0 fully saturated rings. The highest BCUT2D eigenvalue weighted by Gasteiger charge is 2.16. The van der Waals surface area contributed by atoms with E-state index in [1.807, 2.05) is 0 Å². The Morgan fingerprint density at radius 3 is 2.62 bits per heavy atom. The number of hydrogen-bond donors (Lipinski definition) is 2. The second-order valence-corrected chi connectivity index (χ2v) is 8.96. The van der Waals surface area contributed by atoms with Crippen molar-refractivity contribution in [2.24, 2.45) is 0 Å². The number of sulfonamides is 1. The van der Waals surface area contributed by atoms with E-state index in [4.69, 9.17) is 0 Å². The van der Waals surface area contributed by atoms with Crippen LogP contribution in [0.3, 0.4) is 0 Å². The van der Waals surface area contributed by atoms with E-state index in [1.165, 1.54) is 34.8 Å². The van der Waals surface area contributed by atoms with Gasteiger partial charge in [0.05, 0.1) is 10.6 Å². The molecule has 2 N–H and O–H groups in total. The fraction of sp³-hybridized carbons (Fsp3) is 0.200. The first-order chi connectivity index (χ1) is 12.4. The minimum Gasteiger partial charge on any atom is -0.301 e. The number of aromatic nitrogens is 3. The minimum atomic E-state index is -3.66. The van der Waals surface area contributed by atoms with E-state index in [9.17, 15) is 13.2 Å². The summed E-state index contributed by atoms with van der Waals surface area (Å²) in [6, 6.07) is 8.07. The molecule has 8 nitrogen and oxygen atoms in total. The summed E-state index contributed by atoms with van der Waals surface area (Å²) in [6.07, 6.45) is 0.612. The molecule has 11 heteroatoms. The molecule has 3 rings (SSSR count). The lowest BCUT2D eigenvalue weighted by Gasteiger charge is -2.04. The van der Waals surface area contributed by atoms with Crippen LogP contribution in [0.1, 0.15) is 17.1 Å². The predicted molar refractivity (Wildman–Crippen MR) is 101 cm³/mol. The third kappa shape index (κ3) is 4.84. The van der Waals surface area contributed by atoms with Gasteiger partial charge in [-0.1, -0.05) is 29.5 Å². The summed E-state index contributed by atoms with van der Waals surface area (Å²) in [5, 5.41) is 13.6. The number of nitrogens with one attached hydrogen (secondary N) is 2. The SMILES string of the molecule is Cc1nnc(NC(=O)CCc2csc(NS(=O)(=O)c3ccccc3)n2)s1. The first kappa shape index (κ1) is 18.4. The zero-order valence-corrected chi connectivity index (χ0v) is 16.1. The minimum absolute atomic E-state index is 0.170. The second-order valence-electron chi connectivity index (χ2n) is 5.24. The van der Waals surface area contributed by atoms with Crippen LogP contribution in [0, 0.1) is 6.92 Å². The summed E-state index contributed by atoms with van der Waals surface area (Å²) >= 11 is 2.48. The van der Waals surface area contributed by atoms with E-state index in [0.717, 1.165) is 5.01 Å². The monoisotopic (exact) mass is 409 g/mol. The molecule has 2 heterocycles. The number of anilines is 2. The maximum absolute atomic E-state index is 12.3. The number of benzene rings is 1. The van der Waals surface area contributed by atoms with Gasteiger partial charge in [-0.2, -0.15) is 0 Å². The van der Waals surface area contributed by atoms with Crippen LogP contribution in [0.5, 0.6) is 0 Å². The number of carbonyl (C=O) groups is 1. The Balaban J connectivity index is 1.55. The van der Waals surface area contributed by atoms with Gasteiger partial charge in [0.15, 0.2) is 5.13 Å². The van der Waals surface area contributed by atoms with Crippen LogP contribution in [-0.4, -0.2) is 29.5 Å². The van der Waals surface area contributed by atoms with Gasteiger partial charge in [0.25, 0.3) is 10.0 Å². The van der Waals surface area contributed by atoms with E-state index in [0.29, 0.717) is 17.2 Å². The van der Waals surface area contributed by atoms with Crippen molar-refractivity contribution in [3.8, 4) is 0 Å². The van der Waals surface area contributed by atoms with Crippen molar-refractivity contribution in [2.75, 3.05) is 10.0 Å². The van der Waals surface area contributed by atoms with Gasteiger partial charge in [0, 0.05) is 11.8 Å².